The fourth-order valence-electron chi connectivity index (χ4n) is 5.29. The van der Waals surface area contributed by atoms with E-state index < -0.39 is 15.3 Å². The van der Waals surface area contributed by atoms with Gasteiger partial charge in [-0.3, -0.25) is 9.69 Å². The summed E-state index contributed by atoms with van der Waals surface area (Å²) in [5.74, 6) is 0.951. The summed E-state index contributed by atoms with van der Waals surface area (Å²) in [6.07, 6.45) is 5.81. The first-order valence-electron chi connectivity index (χ1n) is 15.1. The summed E-state index contributed by atoms with van der Waals surface area (Å²) in [7, 11) is -0.825. The van der Waals surface area contributed by atoms with Crippen LogP contribution in [0.15, 0.2) is 70.5 Å². The first-order valence-corrected chi connectivity index (χ1v) is 17.4. The Morgan fingerprint density at radius 2 is 1.89 bits per heavy atom. The zero-order valence-corrected chi connectivity index (χ0v) is 28.4. The minimum atomic E-state index is -2.45. The third-order valence-electron chi connectivity index (χ3n) is 7.19. The normalized spacial score (nSPS) is 15.5. The lowest BCUT2D eigenvalue weighted by Gasteiger charge is -2.42. The molecule has 1 atom stereocenters. The number of fused-ring (bicyclic) bond motifs is 1. The van der Waals surface area contributed by atoms with Crippen molar-refractivity contribution in [2.75, 3.05) is 56.1 Å². The fourth-order valence-corrected chi connectivity index (χ4v) is 5.84. The number of pyridine rings is 1. The highest BCUT2D eigenvalue weighted by atomic mass is 32.2. The van der Waals surface area contributed by atoms with Gasteiger partial charge in [0.05, 0.1) is 19.2 Å². The van der Waals surface area contributed by atoms with Gasteiger partial charge in [-0.15, -0.1) is 6.58 Å². The number of benzene rings is 1. The molecule has 1 aromatic carbocycles. The molecule has 0 radical (unpaired) electrons. The molecule has 47 heavy (non-hydrogen) atoms. The van der Waals surface area contributed by atoms with Crippen LogP contribution >= 0.6 is 0 Å². The van der Waals surface area contributed by atoms with Crippen molar-refractivity contribution in [2.45, 2.75) is 39.0 Å². The summed E-state index contributed by atoms with van der Waals surface area (Å²) in [5, 5.41) is 3.54. The minimum absolute atomic E-state index is 0.163. The molecule has 14 nitrogen and oxygen atoms in total. The minimum Gasteiger partial charge on any atom is -0.444 e. The van der Waals surface area contributed by atoms with E-state index in [1.54, 1.807) is 41.0 Å². The number of amides is 1. The van der Waals surface area contributed by atoms with Gasteiger partial charge in [0.1, 0.15) is 11.0 Å². The predicted molar refractivity (Wildman–Crippen MR) is 184 cm³/mol. The molecule has 15 heteroatoms. The topological polar surface area (TPSA) is 149 Å². The molecule has 1 saturated heterocycles. The lowest BCUT2D eigenvalue weighted by Crippen LogP contribution is -2.57. The van der Waals surface area contributed by atoms with E-state index in [-0.39, 0.29) is 36.0 Å². The van der Waals surface area contributed by atoms with Gasteiger partial charge in [0.2, 0.25) is 5.95 Å². The van der Waals surface area contributed by atoms with Gasteiger partial charge < -0.3 is 19.7 Å². The fraction of sp³-hybridized carbons (Fsp3) is 0.406. The third-order valence-corrected chi connectivity index (χ3v) is 7.81. The molecular weight excluding hydrogens is 622 g/mol. The van der Waals surface area contributed by atoms with Crippen LogP contribution in [0.25, 0.3) is 16.9 Å². The zero-order chi connectivity index (χ0) is 33.9. The molecule has 0 aliphatic carbocycles. The van der Waals surface area contributed by atoms with Crippen LogP contribution in [-0.2, 0) is 25.7 Å². The molecule has 5 rings (SSSR count). The smallest absolute Gasteiger partial charge is 0.410 e. The van der Waals surface area contributed by atoms with Crippen molar-refractivity contribution in [1.82, 2.24) is 29.2 Å². The second-order valence-corrected chi connectivity index (χ2v) is 15.0. The van der Waals surface area contributed by atoms with E-state index in [0.29, 0.717) is 43.1 Å². The SMILES string of the molecule is C=CCn1c(=O)c2cnc(Nc3ccc(N4CCN(C(=O)OC(C)(C)C)[C@H](COC)C4)cc3)nc2n1-c1cccc(N=S(C)(C)=O)n1. The van der Waals surface area contributed by atoms with Gasteiger partial charge in [0.15, 0.2) is 17.3 Å². The standard InChI is InChI=1S/C32H41N9O5S/c1-8-16-40-29(42)25-19-33-30(36-28(25)41(40)27-11-9-10-26(35-27)37-47(6,7)44)34-22-12-14-23(15-13-22)38-17-18-39(24(20-38)21-45-5)31(43)46-32(2,3)4/h8-15,19,24H,1,16-18,20-21H2,2-7H3,(H,33,34,36)/t24-/m0/s1. The molecule has 1 fully saturated rings. The van der Waals surface area contributed by atoms with Crippen molar-refractivity contribution < 1.29 is 18.5 Å². The molecule has 1 N–H and O–H groups in total. The number of allylic oxidation sites excluding steroid dienone is 1. The van der Waals surface area contributed by atoms with Crippen molar-refractivity contribution in [2.24, 2.45) is 4.36 Å². The van der Waals surface area contributed by atoms with Gasteiger partial charge in [0.25, 0.3) is 5.56 Å². The number of anilines is 3. The van der Waals surface area contributed by atoms with Crippen molar-refractivity contribution in [3.8, 4) is 5.82 Å². The van der Waals surface area contributed by atoms with E-state index in [1.807, 2.05) is 45.0 Å². The molecule has 4 aromatic rings. The van der Waals surface area contributed by atoms with Crippen LogP contribution in [0.1, 0.15) is 20.8 Å². The Labute approximate surface area is 274 Å². The highest BCUT2D eigenvalue weighted by Crippen LogP contribution is 2.25. The largest absolute Gasteiger partial charge is 0.444 e. The van der Waals surface area contributed by atoms with Crippen LogP contribution in [0, 0.1) is 0 Å². The number of piperazine rings is 1. The van der Waals surface area contributed by atoms with Gasteiger partial charge in [-0.1, -0.05) is 12.1 Å². The number of carbonyl (C=O) groups is 1. The lowest BCUT2D eigenvalue weighted by molar-refractivity contribution is 0.00343. The number of carbonyl (C=O) groups excluding carboxylic acids is 1. The van der Waals surface area contributed by atoms with Crippen LogP contribution in [0.2, 0.25) is 0 Å². The van der Waals surface area contributed by atoms with E-state index in [9.17, 15) is 13.8 Å². The van der Waals surface area contributed by atoms with Crippen LogP contribution < -0.4 is 15.8 Å². The number of hydrogen-bond acceptors (Lipinski definition) is 11. The second kappa shape index (κ2) is 13.5. The number of rotatable bonds is 9. The van der Waals surface area contributed by atoms with Crippen LogP contribution in [-0.4, -0.2) is 97.0 Å². The number of nitrogens with one attached hydrogen (secondary N) is 1. The predicted octanol–water partition coefficient (Wildman–Crippen LogP) is 4.34. The average Bonchev–Trinajstić information content (AvgIpc) is 3.26. The number of nitrogens with zero attached hydrogens (tertiary/aromatic N) is 8. The molecular formula is C32H41N9O5S. The Kier molecular flexibility index (Phi) is 9.68. The summed E-state index contributed by atoms with van der Waals surface area (Å²) >= 11 is 0. The summed E-state index contributed by atoms with van der Waals surface area (Å²) in [5.41, 5.74) is 1.20. The Morgan fingerprint density at radius 3 is 2.55 bits per heavy atom. The maximum absolute atomic E-state index is 13.3. The van der Waals surface area contributed by atoms with Gasteiger partial charge in [-0.05, 0) is 57.2 Å². The average molecular weight is 664 g/mol. The molecule has 3 aromatic heterocycles. The Bertz CT molecular complexity index is 1950. The van der Waals surface area contributed by atoms with Crippen LogP contribution in [0.5, 0.6) is 0 Å². The van der Waals surface area contributed by atoms with Gasteiger partial charge in [0, 0.05) is 66.6 Å². The molecule has 0 bridgehead atoms. The maximum atomic E-state index is 13.3. The molecule has 4 heterocycles. The van der Waals surface area contributed by atoms with E-state index in [2.05, 4.69) is 31.1 Å². The van der Waals surface area contributed by atoms with Crippen molar-refractivity contribution in [1.29, 1.82) is 0 Å². The molecule has 1 amide bonds. The first-order chi connectivity index (χ1) is 22.3. The number of hydrogen-bond donors (Lipinski definition) is 1. The summed E-state index contributed by atoms with van der Waals surface area (Å²) < 4.78 is 30.6. The lowest BCUT2D eigenvalue weighted by atomic mass is 10.1. The van der Waals surface area contributed by atoms with Gasteiger partial charge in [-0.25, -0.2) is 28.3 Å². The van der Waals surface area contributed by atoms with Crippen LogP contribution in [0.4, 0.5) is 27.9 Å². The number of methoxy groups -OCH3 is 1. The number of ether oxygens (including phenoxy) is 2. The van der Waals surface area contributed by atoms with E-state index in [1.165, 1.54) is 23.4 Å². The molecule has 1 aliphatic heterocycles. The zero-order valence-electron chi connectivity index (χ0n) is 27.5. The molecule has 0 unspecified atom stereocenters. The van der Waals surface area contributed by atoms with Crippen molar-refractivity contribution in [3.05, 3.63) is 71.7 Å². The summed E-state index contributed by atoms with van der Waals surface area (Å²) in [4.78, 5) is 43.7. The Balaban J connectivity index is 1.39. The maximum Gasteiger partial charge on any atom is 0.410 e. The quantitative estimate of drug-likeness (QED) is 0.256. The highest BCUT2D eigenvalue weighted by molar-refractivity contribution is 7.92. The van der Waals surface area contributed by atoms with Gasteiger partial charge in [-0.2, -0.15) is 9.35 Å². The van der Waals surface area contributed by atoms with Crippen LogP contribution in [0.3, 0.4) is 0 Å². The highest BCUT2D eigenvalue weighted by Gasteiger charge is 2.33. The number of aromatic nitrogens is 5. The molecule has 0 spiro atoms. The first kappa shape index (κ1) is 33.6. The summed E-state index contributed by atoms with van der Waals surface area (Å²) in [6.45, 7) is 11.7. The molecule has 0 saturated carbocycles. The Morgan fingerprint density at radius 1 is 1.15 bits per heavy atom. The third kappa shape index (κ3) is 7.97. The monoisotopic (exact) mass is 663 g/mol. The van der Waals surface area contributed by atoms with Crippen molar-refractivity contribution in [3.63, 3.8) is 0 Å². The molecule has 1 aliphatic rings. The van der Waals surface area contributed by atoms with E-state index in [4.69, 9.17) is 14.5 Å². The van der Waals surface area contributed by atoms with Gasteiger partial charge >= 0.3 is 6.09 Å². The van der Waals surface area contributed by atoms with E-state index in [0.717, 1.165) is 11.4 Å². The molecule has 250 valence electrons. The summed E-state index contributed by atoms with van der Waals surface area (Å²) in [6, 6.07) is 12.8. The van der Waals surface area contributed by atoms with E-state index >= 15 is 0 Å². The second-order valence-electron chi connectivity index (χ2n) is 12.4. The Hall–Kier alpha value is -4.76. The van der Waals surface area contributed by atoms with Crippen molar-refractivity contribution >= 4 is 50.0 Å².